The number of benzene rings is 3. The van der Waals surface area contributed by atoms with Crippen LogP contribution in [0.25, 0.3) is 39.1 Å². The summed E-state index contributed by atoms with van der Waals surface area (Å²) >= 11 is 1.22. The number of fused-ring (bicyclic) bond motifs is 1. The van der Waals surface area contributed by atoms with Crippen molar-refractivity contribution in [2.75, 3.05) is 0 Å². The third-order valence-corrected chi connectivity index (χ3v) is 6.38. The Morgan fingerprint density at radius 1 is 0.857 bits per heavy atom. The monoisotopic (exact) mass is 476 g/mol. The van der Waals surface area contributed by atoms with E-state index in [1.807, 2.05) is 84.9 Å². The van der Waals surface area contributed by atoms with Crippen molar-refractivity contribution in [2.24, 2.45) is 0 Å². The van der Waals surface area contributed by atoms with Gasteiger partial charge in [-0.2, -0.15) is 5.26 Å². The molecule has 2 aromatic heterocycles. The van der Waals surface area contributed by atoms with Crippen LogP contribution in [0, 0.1) is 11.3 Å². The Morgan fingerprint density at radius 3 is 2.14 bits per heavy atom. The average molecular weight is 477 g/mol. The lowest BCUT2D eigenvalue weighted by atomic mass is 10.0. The molecule has 0 saturated heterocycles. The molecule has 1 unspecified atom stereocenters. The Labute approximate surface area is 206 Å². The van der Waals surface area contributed by atoms with Gasteiger partial charge in [0.05, 0.1) is 16.3 Å². The van der Waals surface area contributed by atoms with E-state index in [9.17, 15) is 10.4 Å². The number of allylic oxidation sites excluding steroid dienone is 1. The summed E-state index contributed by atoms with van der Waals surface area (Å²) in [5, 5.41) is 29.4. The Morgan fingerprint density at radius 2 is 1.49 bits per heavy atom. The number of thioether (sulfide) groups is 1. The van der Waals surface area contributed by atoms with Crippen LogP contribution in [-0.2, 0) is 0 Å². The van der Waals surface area contributed by atoms with Gasteiger partial charge in [0.2, 0.25) is 5.16 Å². The number of hydrogen-bond donors (Lipinski definition) is 2. The molecule has 2 N–H and O–H groups in total. The third-order valence-electron chi connectivity index (χ3n) is 5.42. The zero-order valence-electron chi connectivity index (χ0n) is 18.8. The van der Waals surface area contributed by atoms with Gasteiger partial charge in [0.1, 0.15) is 28.8 Å². The summed E-state index contributed by atoms with van der Waals surface area (Å²) in [5.41, 5.74) is 4.79. The number of aromatic nitrogens is 5. The highest BCUT2D eigenvalue weighted by Crippen LogP contribution is 2.33. The molecule has 0 aliphatic rings. The fourth-order valence-electron chi connectivity index (χ4n) is 3.67. The van der Waals surface area contributed by atoms with Gasteiger partial charge in [-0.3, -0.25) is 0 Å². The van der Waals surface area contributed by atoms with Crippen molar-refractivity contribution in [2.45, 2.75) is 17.3 Å². The maximum Gasteiger partial charge on any atom is 0.210 e. The lowest BCUT2D eigenvalue weighted by molar-refractivity contribution is 0.401. The molecular weight excluding hydrogens is 456 g/mol. The fourth-order valence-corrected chi connectivity index (χ4v) is 4.45. The molecule has 3 aromatic carbocycles. The van der Waals surface area contributed by atoms with Crippen LogP contribution in [0.1, 0.15) is 12.7 Å². The van der Waals surface area contributed by atoms with E-state index < -0.39 is 5.25 Å². The van der Waals surface area contributed by atoms with Crippen molar-refractivity contribution >= 4 is 28.4 Å². The summed E-state index contributed by atoms with van der Waals surface area (Å²) in [6.45, 7) is 1.79. The maximum absolute atomic E-state index is 10.9. The smallest absolute Gasteiger partial charge is 0.210 e. The lowest BCUT2D eigenvalue weighted by Gasteiger charge is -2.13. The summed E-state index contributed by atoms with van der Waals surface area (Å²) in [7, 11) is 0. The molecule has 5 rings (SSSR count). The van der Waals surface area contributed by atoms with Crippen LogP contribution in [-0.4, -0.2) is 35.5 Å². The first-order valence-electron chi connectivity index (χ1n) is 10.9. The van der Waals surface area contributed by atoms with Gasteiger partial charge in [-0.1, -0.05) is 84.6 Å². The van der Waals surface area contributed by atoms with Gasteiger partial charge < -0.3 is 10.1 Å². The normalized spacial score (nSPS) is 12.7. The minimum atomic E-state index is -0.508. The highest BCUT2D eigenvalue weighted by Gasteiger charge is 2.21. The van der Waals surface area contributed by atoms with Crippen molar-refractivity contribution in [3.63, 3.8) is 0 Å². The van der Waals surface area contributed by atoms with Crippen LogP contribution in [0.5, 0.6) is 0 Å². The van der Waals surface area contributed by atoms with E-state index in [0.717, 1.165) is 22.2 Å². The summed E-state index contributed by atoms with van der Waals surface area (Å²) in [4.78, 5) is 12.3. The number of nitriles is 1. The summed E-state index contributed by atoms with van der Waals surface area (Å²) in [6, 6.07) is 29.1. The second kappa shape index (κ2) is 9.79. The van der Waals surface area contributed by atoms with Crippen molar-refractivity contribution in [1.82, 2.24) is 25.1 Å². The van der Waals surface area contributed by atoms with E-state index in [1.54, 1.807) is 6.92 Å². The highest BCUT2D eigenvalue weighted by atomic mass is 32.2. The molecule has 35 heavy (non-hydrogen) atoms. The Kier molecular flexibility index (Phi) is 6.24. The molecular formula is C27H20N6OS. The number of nitrogens with zero attached hydrogens (tertiary/aromatic N) is 5. The van der Waals surface area contributed by atoms with Gasteiger partial charge in [-0.05, 0) is 19.1 Å². The first-order chi connectivity index (χ1) is 17.1. The van der Waals surface area contributed by atoms with Crippen LogP contribution in [0.3, 0.4) is 0 Å². The number of imidazole rings is 1. The maximum atomic E-state index is 10.9. The van der Waals surface area contributed by atoms with Gasteiger partial charge in [0.15, 0.2) is 5.82 Å². The topological polar surface area (TPSA) is 111 Å². The lowest BCUT2D eigenvalue weighted by Crippen LogP contribution is -2.07. The van der Waals surface area contributed by atoms with Crippen LogP contribution in [0.15, 0.2) is 95.8 Å². The van der Waals surface area contributed by atoms with E-state index in [1.165, 1.54) is 11.8 Å². The minimum absolute atomic E-state index is 0.0818. The van der Waals surface area contributed by atoms with Gasteiger partial charge in [-0.15, -0.1) is 10.2 Å². The standard InChI is InChI=1S/C27H20N6OS/c1-17(25(34)20(16-28)26-29-21-14-8-9-15-22(21)30-26)35-27-31-23(18-10-4-2-5-11-18)24(32-33-27)19-12-6-3-7-13-19/h2-15,17,34H,1H3,(H,29,30)/b25-20-. The Bertz CT molecular complexity index is 1520. The van der Waals surface area contributed by atoms with E-state index in [0.29, 0.717) is 22.4 Å². The Hall–Kier alpha value is -4.48. The number of H-pyrrole nitrogens is 1. The van der Waals surface area contributed by atoms with Crippen LogP contribution in [0.2, 0.25) is 0 Å². The molecule has 0 bridgehead atoms. The quantitative estimate of drug-likeness (QED) is 0.174. The van der Waals surface area contributed by atoms with Crippen LogP contribution in [0.4, 0.5) is 0 Å². The number of aliphatic hydroxyl groups is 1. The number of rotatable bonds is 6. The van der Waals surface area contributed by atoms with Gasteiger partial charge in [0.25, 0.3) is 0 Å². The van der Waals surface area contributed by atoms with Crippen LogP contribution >= 0.6 is 11.8 Å². The van der Waals surface area contributed by atoms with Crippen LogP contribution < -0.4 is 0 Å². The van der Waals surface area contributed by atoms with Gasteiger partial charge in [0, 0.05) is 11.1 Å². The summed E-state index contributed by atoms with van der Waals surface area (Å²) in [5.74, 6) is 0.218. The molecule has 0 aliphatic heterocycles. The molecule has 8 heteroatoms. The summed E-state index contributed by atoms with van der Waals surface area (Å²) < 4.78 is 0. The van der Waals surface area contributed by atoms with Crippen molar-refractivity contribution in [3.05, 3.63) is 96.5 Å². The first-order valence-corrected chi connectivity index (χ1v) is 11.8. The first kappa shape index (κ1) is 22.3. The molecule has 170 valence electrons. The molecule has 2 heterocycles. The largest absolute Gasteiger partial charge is 0.510 e. The number of aromatic amines is 1. The van der Waals surface area contributed by atoms with Gasteiger partial charge in [-0.25, -0.2) is 9.97 Å². The van der Waals surface area contributed by atoms with Crippen molar-refractivity contribution < 1.29 is 5.11 Å². The summed E-state index contributed by atoms with van der Waals surface area (Å²) in [6.07, 6.45) is 0. The third kappa shape index (κ3) is 4.63. The number of hydrogen-bond acceptors (Lipinski definition) is 7. The second-order valence-electron chi connectivity index (χ2n) is 7.76. The average Bonchev–Trinajstić information content (AvgIpc) is 3.34. The number of nitrogens with one attached hydrogen (secondary N) is 1. The van der Waals surface area contributed by atoms with Crippen molar-refractivity contribution in [3.8, 4) is 28.6 Å². The highest BCUT2D eigenvalue weighted by molar-refractivity contribution is 7.99. The fraction of sp³-hybridized carbons (Fsp3) is 0.0741. The predicted octanol–water partition coefficient (Wildman–Crippen LogP) is 6.06. The van der Waals surface area contributed by atoms with Crippen molar-refractivity contribution in [1.29, 1.82) is 5.26 Å². The molecule has 0 fully saturated rings. The predicted molar refractivity (Wildman–Crippen MR) is 137 cm³/mol. The number of para-hydroxylation sites is 2. The molecule has 0 amide bonds. The van der Waals surface area contributed by atoms with Gasteiger partial charge >= 0.3 is 0 Å². The van der Waals surface area contributed by atoms with E-state index >= 15 is 0 Å². The Balaban J connectivity index is 1.50. The molecule has 7 nitrogen and oxygen atoms in total. The van der Waals surface area contributed by atoms with E-state index in [4.69, 9.17) is 4.98 Å². The van der Waals surface area contributed by atoms with E-state index in [-0.39, 0.29) is 11.3 Å². The molecule has 1 atom stereocenters. The zero-order chi connectivity index (χ0) is 24.2. The molecule has 0 radical (unpaired) electrons. The minimum Gasteiger partial charge on any atom is -0.510 e. The molecule has 0 saturated carbocycles. The second-order valence-corrected chi connectivity index (χ2v) is 9.07. The molecule has 0 spiro atoms. The SMILES string of the molecule is CC(Sc1nnc(-c2ccccc2)c(-c2ccccc2)n1)/C(O)=C(\C#N)c1nc2ccccc2[nH]1. The number of aliphatic hydroxyl groups excluding tert-OH is 1. The zero-order valence-corrected chi connectivity index (χ0v) is 19.6. The molecule has 0 aliphatic carbocycles. The molecule has 5 aromatic rings. The van der Waals surface area contributed by atoms with E-state index in [2.05, 4.69) is 26.2 Å².